The molecule has 1 rings (SSSR count). The van der Waals surface area contributed by atoms with Gasteiger partial charge in [-0.3, -0.25) is 4.79 Å². The molecule has 0 atom stereocenters. The van der Waals surface area contributed by atoms with E-state index in [2.05, 4.69) is 10.2 Å². The summed E-state index contributed by atoms with van der Waals surface area (Å²) in [6.45, 7) is 5.15. The summed E-state index contributed by atoms with van der Waals surface area (Å²) in [5.41, 5.74) is 0. The van der Waals surface area contributed by atoms with Crippen molar-refractivity contribution in [3.05, 3.63) is 0 Å². The minimum absolute atomic E-state index is 0.0565. The number of hydrogen-bond donors (Lipinski definition) is 1. The van der Waals surface area contributed by atoms with Crippen LogP contribution in [0.25, 0.3) is 0 Å². The maximum Gasteiger partial charge on any atom is 0.325 e. The van der Waals surface area contributed by atoms with Crippen molar-refractivity contribution in [3.8, 4) is 0 Å². The molecule has 0 saturated carbocycles. The number of nitrogens with one attached hydrogen (secondary N) is 1. The van der Waals surface area contributed by atoms with Crippen LogP contribution >= 0.6 is 0 Å². The SMILES string of the molecule is CCOC(=O)CNC(=O)N1CCN(C)CC1. The van der Waals surface area contributed by atoms with Crippen LogP contribution in [-0.4, -0.2) is 68.2 Å². The largest absolute Gasteiger partial charge is 0.465 e. The van der Waals surface area contributed by atoms with Gasteiger partial charge in [-0.25, -0.2) is 4.79 Å². The standard InChI is InChI=1S/C10H19N3O3/c1-3-16-9(14)8-11-10(15)13-6-4-12(2)5-7-13/h3-8H2,1-2H3,(H,11,15). The van der Waals surface area contributed by atoms with Crippen molar-refractivity contribution >= 4 is 12.0 Å². The van der Waals surface area contributed by atoms with Crippen LogP contribution in [0.3, 0.4) is 0 Å². The average molecular weight is 229 g/mol. The molecule has 0 aromatic carbocycles. The zero-order valence-corrected chi connectivity index (χ0v) is 9.86. The summed E-state index contributed by atoms with van der Waals surface area (Å²) in [5, 5.41) is 2.55. The number of amides is 2. The smallest absolute Gasteiger partial charge is 0.325 e. The molecule has 0 radical (unpaired) electrons. The molecule has 1 aliphatic heterocycles. The fourth-order valence-corrected chi connectivity index (χ4v) is 1.48. The Morgan fingerprint density at radius 1 is 1.25 bits per heavy atom. The highest BCUT2D eigenvalue weighted by molar-refractivity contribution is 5.80. The van der Waals surface area contributed by atoms with Gasteiger partial charge in [0.2, 0.25) is 0 Å². The van der Waals surface area contributed by atoms with Crippen LogP contribution in [0, 0.1) is 0 Å². The maximum absolute atomic E-state index is 11.6. The molecule has 0 unspecified atom stereocenters. The predicted octanol–water partition coefficient (Wildman–Crippen LogP) is -0.493. The second kappa shape index (κ2) is 6.32. The quantitative estimate of drug-likeness (QED) is 0.663. The van der Waals surface area contributed by atoms with E-state index in [1.165, 1.54) is 0 Å². The summed E-state index contributed by atoms with van der Waals surface area (Å²) >= 11 is 0. The molecular weight excluding hydrogens is 210 g/mol. The topological polar surface area (TPSA) is 61.9 Å². The molecular formula is C10H19N3O3. The number of nitrogens with zero attached hydrogens (tertiary/aromatic N) is 2. The molecule has 0 bridgehead atoms. The Kier molecular flexibility index (Phi) is 5.04. The van der Waals surface area contributed by atoms with Crippen molar-refractivity contribution in [2.45, 2.75) is 6.92 Å². The summed E-state index contributed by atoms with van der Waals surface area (Å²) in [6, 6.07) is -0.193. The molecule has 1 heterocycles. The van der Waals surface area contributed by atoms with Gasteiger partial charge >= 0.3 is 12.0 Å². The van der Waals surface area contributed by atoms with E-state index >= 15 is 0 Å². The highest BCUT2D eigenvalue weighted by atomic mass is 16.5. The highest BCUT2D eigenvalue weighted by Crippen LogP contribution is 1.98. The second-order valence-corrected chi connectivity index (χ2v) is 3.75. The van der Waals surface area contributed by atoms with E-state index in [9.17, 15) is 9.59 Å². The number of hydrogen-bond acceptors (Lipinski definition) is 4. The zero-order valence-electron chi connectivity index (χ0n) is 9.86. The molecule has 6 heteroatoms. The van der Waals surface area contributed by atoms with Crippen LogP contribution in [0.5, 0.6) is 0 Å². The summed E-state index contributed by atoms with van der Waals surface area (Å²) < 4.78 is 4.72. The predicted molar refractivity (Wildman–Crippen MR) is 59.1 cm³/mol. The second-order valence-electron chi connectivity index (χ2n) is 3.75. The van der Waals surface area contributed by atoms with Crippen LogP contribution in [0.2, 0.25) is 0 Å². The van der Waals surface area contributed by atoms with Crippen molar-refractivity contribution in [3.63, 3.8) is 0 Å². The molecule has 16 heavy (non-hydrogen) atoms. The minimum Gasteiger partial charge on any atom is -0.465 e. The van der Waals surface area contributed by atoms with Gasteiger partial charge in [-0.05, 0) is 14.0 Å². The molecule has 1 N–H and O–H groups in total. The average Bonchev–Trinajstić information content (AvgIpc) is 2.27. The molecule has 1 aliphatic rings. The van der Waals surface area contributed by atoms with E-state index in [1.54, 1.807) is 11.8 Å². The Morgan fingerprint density at radius 3 is 2.44 bits per heavy atom. The third-order valence-corrected chi connectivity index (χ3v) is 2.48. The van der Waals surface area contributed by atoms with Gasteiger partial charge < -0.3 is 19.9 Å². The molecule has 0 aromatic heterocycles. The normalized spacial score (nSPS) is 17.0. The van der Waals surface area contributed by atoms with Gasteiger partial charge in [0, 0.05) is 26.2 Å². The first kappa shape index (κ1) is 12.8. The number of rotatable bonds is 3. The van der Waals surface area contributed by atoms with Gasteiger partial charge in [-0.15, -0.1) is 0 Å². The lowest BCUT2D eigenvalue weighted by atomic mass is 10.3. The van der Waals surface area contributed by atoms with Gasteiger partial charge in [0.1, 0.15) is 6.54 Å². The molecule has 0 aliphatic carbocycles. The summed E-state index contributed by atoms with van der Waals surface area (Å²) in [6.07, 6.45) is 0. The third kappa shape index (κ3) is 4.06. The Labute approximate surface area is 95.5 Å². The molecule has 92 valence electrons. The van der Waals surface area contributed by atoms with Gasteiger partial charge in [0.15, 0.2) is 0 Å². The molecule has 2 amide bonds. The van der Waals surface area contributed by atoms with Crippen LogP contribution in [0.4, 0.5) is 4.79 Å². The highest BCUT2D eigenvalue weighted by Gasteiger charge is 2.19. The number of carbonyl (C=O) groups excluding carboxylic acids is 2. The molecule has 6 nitrogen and oxygen atoms in total. The fourth-order valence-electron chi connectivity index (χ4n) is 1.48. The van der Waals surface area contributed by atoms with Crippen molar-refractivity contribution in [1.29, 1.82) is 0 Å². The van der Waals surface area contributed by atoms with E-state index in [4.69, 9.17) is 4.74 Å². The van der Waals surface area contributed by atoms with Gasteiger partial charge in [0.05, 0.1) is 6.61 Å². The van der Waals surface area contributed by atoms with Crippen LogP contribution in [-0.2, 0) is 9.53 Å². The number of esters is 1. The summed E-state index contributed by atoms with van der Waals surface area (Å²) in [5.74, 6) is -0.398. The first-order valence-corrected chi connectivity index (χ1v) is 5.50. The number of urea groups is 1. The van der Waals surface area contributed by atoms with Crippen molar-refractivity contribution in [2.24, 2.45) is 0 Å². The number of likely N-dealkylation sites (N-methyl/N-ethyl adjacent to an activating group) is 1. The lowest BCUT2D eigenvalue weighted by molar-refractivity contribution is -0.141. The van der Waals surface area contributed by atoms with Gasteiger partial charge in [-0.2, -0.15) is 0 Å². The Hall–Kier alpha value is -1.30. The molecule has 1 saturated heterocycles. The van der Waals surface area contributed by atoms with Crippen molar-refractivity contribution in [2.75, 3.05) is 46.4 Å². The minimum atomic E-state index is -0.398. The van der Waals surface area contributed by atoms with E-state index in [1.807, 2.05) is 7.05 Å². The maximum atomic E-state index is 11.6. The fraction of sp³-hybridized carbons (Fsp3) is 0.800. The lowest BCUT2D eigenvalue weighted by Crippen LogP contribution is -2.51. The van der Waals surface area contributed by atoms with E-state index in [0.29, 0.717) is 19.7 Å². The first-order valence-electron chi connectivity index (χ1n) is 5.50. The third-order valence-electron chi connectivity index (χ3n) is 2.48. The number of carbonyl (C=O) groups is 2. The van der Waals surface area contributed by atoms with Gasteiger partial charge in [0.25, 0.3) is 0 Å². The summed E-state index contributed by atoms with van der Waals surface area (Å²) in [4.78, 5) is 26.5. The first-order chi connectivity index (χ1) is 7.63. The summed E-state index contributed by atoms with van der Waals surface area (Å²) in [7, 11) is 2.02. The van der Waals surface area contributed by atoms with Crippen LogP contribution < -0.4 is 5.32 Å². The van der Waals surface area contributed by atoms with Crippen LogP contribution in [0.1, 0.15) is 6.92 Å². The number of ether oxygens (including phenoxy) is 1. The molecule has 0 spiro atoms. The molecule has 1 fully saturated rings. The zero-order chi connectivity index (χ0) is 12.0. The van der Waals surface area contributed by atoms with E-state index in [-0.39, 0.29) is 12.6 Å². The monoisotopic (exact) mass is 229 g/mol. The van der Waals surface area contributed by atoms with Crippen molar-refractivity contribution in [1.82, 2.24) is 15.1 Å². The Morgan fingerprint density at radius 2 is 1.88 bits per heavy atom. The van der Waals surface area contributed by atoms with E-state index in [0.717, 1.165) is 13.1 Å². The van der Waals surface area contributed by atoms with Crippen LogP contribution in [0.15, 0.2) is 0 Å². The molecule has 0 aromatic rings. The Balaban J connectivity index is 2.22. The van der Waals surface area contributed by atoms with Crippen molar-refractivity contribution < 1.29 is 14.3 Å². The van der Waals surface area contributed by atoms with E-state index < -0.39 is 5.97 Å². The van der Waals surface area contributed by atoms with Gasteiger partial charge in [-0.1, -0.05) is 0 Å². The Bertz CT molecular complexity index is 250. The number of piperazine rings is 1. The lowest BCUT2D eigenvalue weighted by Gasteiger charge is -2.32.